The molecule has 1 N–H and O–H groups in total. The fourth-order valence-corrected chi connectivity index (χ4v) is 1.26. The van der Waals surface area contributed by atoms with Crippen molar-refractivity contribution < 1.29 is 8.78 Å². The number of aromatic nitrogens is 2. The summed E-state index contributed by atoms with van der Waals surface area (Å²) in [5.41, 5.74) is -0.535. The number of nitrogens with zero attached hydrogens (tertiary/aromatic N) is 2. The van der Waals surface area contributed by atoms with Gasteiger partial charge in [-0.3, -0.25) is 13.9 Å². The molecule has 0 aliphatic carbocycles. The van der Waals surface area contributed by atoms with Crippen LogP contribution in [-0.2, 0) is 20.6 Å². The topological polar surface area (TPSA) is 56.0 Å². The Hall–Kier alpha value is -1.50. The van der Waals surface area contributed by atoms with Gasteiger partial charge in [0.1, 0.15) is 0 Å². The average molecular weight is 233 g/mol. The Labute approximate surface area is 90.3 Å². The zero-order chi connectivity index (χ0) is 12.3. The average Bonchev–Trinajstić information content (AvgIpc) is 2.22. The van der Waals surface area contributed by atoms with E-state index in [1.807, 2.05) is 0 Å². The van der Waals surface area contributed by atoms with E-state index in [-0.39, 0.29) is 6.54 Å². The second-order valence-electron chi connectivity index (χ2n) is 3.40. The minimum absolute atomic E-state index is 0.0617. The SMILES string of the molecule is Cn1c(CNCC(F)F)cc(=O)n(C)c1=O. The molecule has 1 heterocycles. The zero-order valence-electron chi connectivity index (χ0n) is 9.04. The molecule has 0 bridgehead atoms. The molecule has 0 aromatic carbocycles. The fourth-order valence-electron chi connectivity index (χ4n) is 1.26. The molecule has 0 amide bonds. The highest BCUT2D eigenvalue weighted by Gasteiger charge is 2.06. The molecule has 1 rings (SSSR count). The first-order chi connectivity index (χ1) is 7.43. The number of hydrogen-bond donors (Lipinski definition) is 1. The Morgan fingerprint density at radius 2 is 1.94 bits per heavy atom. The summed E-state index contributed by atoms with van der Waals surface area (Å²) >= 11 is 0. The van der Waals surface area contributed by atoms with Crippen LogP contribution < -0.4 is 16.6 Å². The van der Waals surface area contributed by atoms with Crippen molar-refractivity contribution in [3.8, 4) is 0 Å². The van der Waals surface area contributed by atoms with Crippen LogP contribution in [0.15, 0.2) is 15.7 Å². The standard InChI is InChI=1S/C9H13F2N3O2/c1-13-6(4-12-5-7(10)11)3-8(15)14(2)9(13)16/h3,7,12H,4-5H2,1-2H3. The number of nitrogens with one attached hydrogen (secondary N) is 1. The molecule has 0 spiro atoms. The molecule has 0 aliphatic rings. The van der Waals surface area contributed by atoms with Gasteiger partial charge < -0.3 is 5.32 Å². The van der Waals surface area contributed by atoms with Gasteiger partial charge in [0.25, 0.3) is 12.0 Å². The van der Waals surface area contributed by atoms with Crippen LogP contribution in [0.4, 0.5) is 8.78 Å². The Morgan fingerprint density at radius 3 is 2.50 bits per heavy atom. The van der Waals surface area contributed by atoms with E-state index in [9.17, 15) is 18.4 Å². The lowest BCUT2D eigenvalue weighted by atomic mass is 10.4. The second-order valence-corrected chi connectivity index (χ2v) is 3.40. The van der Waals surface area contributed by atoms with Crippen molar-refractivity contribution >= 4 is 0 Å². The monoisotopic (exact) mass is 233 g/mol. The van der Waals surface area contributed by atoms with Crippen LogP contribution in [-0.4, -0.2) is 22.1 Å². The van der Waals surface area contributed by atoms with Crippen molar-refractivity contribution in [2.24, 2.45) is 14.1 Å². The van der Waals surface area contributed by atoms with Gasteiger partial charge in [-0.05, 0) is 0 Å². The molecule has 0 aliphatic heterocycles. The smallest absolute Gasteiger partial charge is 0.306 e. The van der Waals surface area contributed by atoms with E-state index in [4.69, 9.17) is 0 Å². The van der Waals surface area contributed by atoms with Crippen molar-refractivity contribution in [1.29, 1.82) is 0 Å². The van der Waals surface area contributed by atoms with Crippen LogP contribution in [0.1, 0.15) is 5.69 Å². The van der Waals surface area contributed by atoms with E-state index in [2.05, 4.69) is 5.32 Å². The van der Waals surface area contributed by atoms with Crippen molar-refractivity contribution in [1.82, 2.24) is 14.5 Å². The summed E-state index contributed by atoms with van der Waals surface area (Å²) in [6.45, 7) is -0.407. The predicted molar refractivity (Wildman–Crippen MR) is 54.6 cm³/mol. The van der Waals surface area contributed by atoms with E-state index in [0.717, 1.165) is 4.57 Å². The second kappa shape index (κ2) is 5.02. The van der Waals surface area contributed by atoms with Gasteiger partial charge >= 0.3 is 5.69 Å². The first-order valence-electron chi connectivity index (χ1n) is 4.68. The van der Waals surface area contributed by atoms with Crippen LogP contribution in [0.25, 0.3) is 0 Å². The molecule has 7 heteroatoms. The number of rotatable bonds is 4. The predicted octanol–water partition coefficient (Wildman–Crippen LogP) is -0.561. The van der Waals surface area contributed by atoms with E-state index in [0.29, 0.717) is 5.69 Å². The van der Waals surface area contributed by atoms with Crippen LogP contribution in [0.3, 0.4) is 0 Å². The quantitative estimate of drug-likeness (QED) is 0.758. The minimum atomic E-state index is -2.46. The molecular weight excluding hydrogens is 220 g/mol. The molecule has 0 saturated carbocycles. The maximum atomic E-state index is 11.9. The Morgan fingerprint density at radius 1 is 1.31 bits per heavy atom. The lowest BCUT2D eigenvalue weighted by molar-refractivity contribution is 0.145. The van der Waals surface area contributed by atoms with Gasteiger partial charge in [0, 0.05) is 32.4 Å². The molecule has 1 aromatic rings. The van der Waals surface area contributed by atoms with Crippen LogP contribution in [0, 0.1) is 0 Å². The number of hydrogen-bond acceptors (Lipinski definition) is 3. The molecule has 0 radical (unpaired) electrons. The molecule has 5 nitrogen and oxygen atoms in total. The molecule has 0 saturated heterocycles. The fraction of sp³-hybridized carbons (Fsp3) is 0.556. The van der Waals surface area contributed by atoms with Gasteiger partial charge in [-0.25, -0.2) is 13.6 Å². The summed E-state index contributed by atoms with van der Waals surface area (Å²) in [6, 6.07) is 1.25. The van der Waals surface area contributed by atoms with Crippen molar-refractivity contribution in [3.05, 3.63) is 32.6 Å². The van der Waals surface area contributed by atoms with E-state index in [1.54, 1.807) is 0 Å². The highest BCUT2D eigenvalue weighted by Crippen LogP contribution is 1.92. The van der Waals surface area contributed by atoms with Crippen LogP contribution in [0.5, 0.6) is 0 Å². The van der Waals surface area contributed by atoms with Gasteiger partial charge in [0.15, 0.2) is 0 Å². The third-order valence-electron chi connectivity index (χ3n) is 2.23. The van der Waals surface area contributed by atoms with E-state index >= 15 is 0 Å². The van der Waals surface area contributed by atoms with Crippen LogP contribution in [0.2, 0.25) is 0 Å². The molecule has 0 atom stereocenters. The van der Waals surface area contributed by atoms with Gasteiger partial charge in [0.2, 0.25) is 0 Å². The Kier molecular flexibility index (Phi) is 3.94. The summed E-state index contributed by atoms with van der Waals surface area (Å²) in [6.07, 6.45) is -2.46. The third-order valence-corrected chi connectivity index (χ3v) is 2.23. The zero-order valence-corrected chi connectivity index (χ0v) is 9.04. The first-order valence-corrected chi connectivity index (χ1v) is 4.68. The number of alkyl halides is 2. The summed E-state index contributed by atoms with van der Waals surface area (Å²) in [5.74, 6) is 0. The maximum Gasteiger partial charge on any atom is 0.330 e. The largest absolute Gasteiger partial charge is 0.330 e. The minimum Gasteiger partial charge on any atom is -0.306 e. The lowest BCUT2D eigenvalue weighted by Crippen LogP contribution is -2.39. The number of halogens is 2. The van der Waals surface area contributed by atoms with Gasteiger partial charge in [-0.2, -0.15) is 0 Å². The molecule has 90 valence electrons. The van der Waals surface area contributed by atoms with Gasteiger partial charge in [-0.15, -0.1) is 0 Å². The Balaban J connectivity index is 2.90. The summed E-state index contributed by atoms with van der Waals surface area (Å²) in [7, 11) is 2.85. The molecule has 0 unspecified atom stereocenters. The molecule has 16 heavy (non-hydrogen) atoms. The van der Waals surface area contributed by atoms with Gasteiger partial charge in [0.05, 0.1) is 6.54 Å². The van der Waals surface area contributed by atoms with Crippen molar-refractivity contribution in [3.63, 3.8) is 0 Å². The maximum absolute atomic E-state index is 11.9. The van der Waals surface area contributed by atoms with Crippen molar-refractivity contribution in [2.45, 2.75) is 13.0 Å². The van der Waals surface area contributed by atoms with Gasteiger partial charge in [-0.1, -0.05) is 0 Å². The van der Waals surface area contributed by atoms with Crippen LogP contribution >= 0.6 is 0 Å². The highest BCUT2D eigenvalue weighted by atomic mass is 19.3. The van der Waals surface area contributed by atoms with Crippen molar-refractivity contribution in [2.75, 3.05) is 6.54 Å². The summed E-state index contributed by atoms with van der Waals surface area (Å²) in [5, 5.41) is 2.46. The third kappa shape index (κ3) is 2.75. The molecule has 0 fully saturated rings. The summed E-state index contributed by atoms with van der Waals surface area (Å²) in [4.78, 5) is 22.7. The lowest BCUT2D eigenvalue weighted by Gasteiger charge is -2.09. The molecule has 1 aromatic heterocycles. The normalized spacial score (nSPS) is 11.1. The molecular formula is C9H13F2N3O2. The first kappa shape index (κ1) is 12.6. The summed E-state index contributed by atoms with van der Waals surface area (Å²) < 4.78 is 25.9. The van der Waals surface area contributed by atoms with E-state index in [1.165, 1.54) is 24.7 Å². The Bertz CT molecular complexity index is 479. The van der Waals surface area contributed by atoms with E-state index < -0.39 is 24.2 Å². The highest BCUT2D eigenvalue weighted by molar-refractivity contribution is 5.01.